The molecule has 1 heterocycles. The van der Waals surface area contributed by atoms with Crippen molar-refractivity contribution in [1.82, 2.24) is 4.90 Å². The topological polar surface area (TPSA) is 58.8 Å². The van der Waals surface area contributed by atoms with E-state index < -0.39 is 0 Å². The number of likely N-dealkylation sites (N-methyl/N-ethyl adjacent to an activating group) is 1. The van der Waals surface area contributed by atoms with Crippen molar-refractivity contribution in [3.8, 4) is 0 Å². The molecule has 1 fully saturated rings. The fourth-order valence-electron chi connectivity index (χ4n) is 2.67. The summed E-state index contributed by atoms with van der Waals surface area (Å²) < 4.78 is 4.83. The minimum atomic E-state index is -0.347. The van der Waals surface area contributed by atoms with Crippen LogP contribution in [-0.4, -0.2) is 51.2 Å². The van der Waals surface area contributed by atoms with Crippen molar-refractivity contribution in [2.45, 2.75) is 12.8 Å². The maximum absolute atomic E-state index is 11.8. The fraction of sp³-hybridized carbons (Fsp3) is 0.533. The van der Waals surface area contributed by atoms with E-state index >= 15 is 0 Å². The summed E-state index contributed by atoms with van der Waals surface area (Å²) in [4.78, 5) is 16.3. The van der Waals surface area contributed by atoms with Crippen molar-refractivity contribution in [3.63, 3.8) is 0 Å². The van der Waals surface area contributed by atoms with Crippen molar-refractivity contribution in [2.75, 3.05) is 51.0 Å². The minimum Gasteiger partial charge on any atom is -0.465 e. The van der Waals surface area contributed by atoms with Crippen LogP contribution in [0, 0.1) is 0 Å². The average Bonchev–Trinajstić information content (AvgIpc) is 2.97. The van der Waals surface area contributed by atoms with Crippen LogP contribution in [0.5, 0.6) is 0 Å². The first kappa shape index (κ1) is 14.7. The summed E-state index contributed by atoms with van der Waals surface area (Å²) >= 11 is 0. The molecule has 0 spiro atoms. The lowest BCUT2D eigenvalue weighted by molar-refractivity contribution is 0.0601. The molecule has 0 amide bonds. The lowest BCUT2D eigenvalue weighted by atomic mass is 10.1. The molecule has 1 aromatic rings. The Hall–Kier alpha value is -1.75. The monoisotopic (exact) mass is 277 g/mol. The van der Waals surface area contributed by atoms with Gasteiger partial charge in [-0.25, -0.2) is 4.79 Å². The number of benzene rings is 1. The number of hydrogen-bond acceptors (Lipinski definition) is 5. The van der Waals surface area contributed by atoms with E-state index in [1.807, 2.05) is 18.0 Å². The number of para-hydroxylation sites is 1. The number of likely N-dealkylation sites (tertiary alicyclic amines) is 1. The predicted octanol–water partition coefficient (Wildman–Crippen LogP) is 1.59. The van der Waals surface area contributed by atoms with Gasteiger partial charge in [-0.05, 0) is 38.1 Å². The fourth-order valence-corrected chi connectivity index (χ4v) is 2.67. The maximum atomic E-state index is 11.8. The quantitative estimate of drug-likeness (QED) is 0.654. The lowest BCUT2D eigenvalue weighted by Crippen LogP contribution is -2.32. The van der Waals surface area contributed by atoms with Crippen LogP contribution in [-0.2, 0) is 4.74 Å². The highest BCUT2D eigenvalue weighted by Crippen LogP contribution is 2.27. The zero-order valence-corrected chi connectivity index (χ0v) is 12.3. The number of anilines is 2. The highest BCUT2D eigenvalue weighted by molar-refractivity contribution is 5.99. The summed E-state index contributed by atoms with van der Waals surface area (Å²) in [5, 5.41) is 0. The molecule has 0 radical (unpaired) electrons. The van der Waals surface area contributed by atoms with Gasteiger partial charge in [-0.1, -0.05) is 6.07 Å². The van der Waals surface area contributed by atoms with Crippen molar-refractivity contribution >= 4 is 17.3 Å². The summed E-state index contributed by atoms with van der Waals surface area (Å²) in [5.74, 6) is -0.347. The Bertz CT molecular complexity index is 470. The second kappa shape index (κ2) is 6.61. The van der Waals surface area contributed by atoms with Gasteiger partial charge in [0.25, 0.3) is 0 Å². The predicted molar refractivity (Wildman–Crippen MR) is 81.1 cm³/mol. The maximum Gasteiger partial charge on any atom is 0.340 e. The SMILES string of the molecule is COC(=O)c1cccc(N)c1N(C)CCN1CCCC1. The van der Waals surface area contributed by atoms with Gasteiger partial charge >= 0.3 is 5.97 Å². The zero-order valence-electron chi connectivity index (χ0n) is 12.3. The molecule has 1 saturated heterocycles. The molecule has 0 saturated carbocycles. The Balaban J connectivity index is 2.11. The number of ether oxygens (including phenoxy) is 1. The van der Waals surface area contributed by atoms with Gasteiger partial charge in [0, 0.05) is 20.1 Å². The molecule has 20 heavy (non-hydrogen) atoms. The van der Waals surface area contributed by atoms with E-state index in [0.29, 0.717) is 11.3 Å². The number of hydrogen-bond donors (Lipinski definition) is 1. The molecule has 0 aromatic heterocycles. The van der Waals surface area contributed by atoms with Crippen LogP contribution >= 0.6 is 0 Å². The van der Waals surface area contributed by atoms with E-state index in [4.69, 9.17) is 10.5 Å². The third-order valence-electron chi connectivity index (χ3n) is 3.80. The van der Waals surface area contributed by atoms with E-state index in [0.717, 1.165) is 18.8 Å². The first-order valence-electron chi connectivity index (χ1n) is 7.03. The number of carbonyl (C=O) groups is 1. The summed E-state index contributed by atoms with van der Waals surface area (Å²) in [7, 11) is 3.35. The van der Waals surface area contributed by atoms with Gasteiger partial charge in [0.05, 0.1) is 24.0 Å². The van der Waals surface area contributed by atoms with Gasteiger partial charge in [0.2, 0.25) is 0 Å². The van der Waals surface area contributed by atoms with Gasteiger partial charge in [-0.3, -0.25) is 0 Å². The number of rotatable bonds is 5. The number of nitrogen functional groups attached to an aromatic ring is 1. The summed E-state index contributed by atoms with van der Waals surface area (Å²) in [5.41, 5.74) is 7.93. The van der Waals surface area contributed by atoms with Crippen LogP contribution in [0.3, 0.4) is 0 Å². The number of nitrogens with zero attached hydrogens (tertiary/aromatic N) is 2. The molecule has 0 aliphatic carbocycles. The van der Waals surface area contributed by atoms with Crippen LogP contribution < -0.4 is 10.6 Å². The Morgan fingerprint density at radius 1 is 1.40 bits per heavy atom. The zero-order chi connectivity index (χ0) is 14.5. The second-order valence-electron chi connectivity index (χ2n) is 5.21. The molecule has 1 aliphatic heterocycles. The average molecular weight is 277 g/mol. The number of carbonyl (C=O) groups excluding carboxylic acids is 1. The Morgan fingerprint density at radius 3 is 2.75 bits per heavy atom. The Kier molecular flexibility index (Phi) is 4.84. The van der Waals surface area contributed by atoms with Gasteiger partial charge in [0.15, 0.2) is 0 Å². The second-order valence-corrected chi connectivity index (χ2v) is 5.21. The van der Waals surface area contributed by atoms with E-state index in [1.54, 1.807) is 12.1 Å². The molecule has 2 N–H and O–H groups in total. The van der Waals surface area contributed by atoms with Crippen LogP contribution in [0.25, 0.3) is 0 Å². The molecular formula is C15H23N3O2. The van der Waals surface area contributed by atoms with Crippen LogP contribution in [0.4, 0.5) is 11.4 Å². The van der Waals surface area contributed by atoms with Gasteiger partial charge in [-0.15, -0.1) is 0 Å². The van der Waals surface area contributed by atoms with Crippen molar-refractivity contribution in [3.05, 3.63) is 23.8 Å². The van der Waals surface area contributed by atoms with Crippen molar-refractivity contribution in [1.29, 1.82) is 0 Å². The Labute approximate surface area is 120 Å². The first-order chi connectivity index (χ1) is 9.63. The molecule has 1 aliphatic rings. The minimum absolute atomic E-state index is 0.347. The summed E-state index contributed by atoms with van der Waals surface area (Å²) in [6.45, 7) is 4.17. The summed E-state index contributed by atoms with van der Waals surface area (Å²) in [6.07, 6.45) is 2.56. The Morgan fingerprint density at radius 2 is 2.10 bits per heavy atom. The molecule has 1 aromatic carbocycles. The number of nitrogens with two attached hydrogens (primary N) is 1. The van der Waals surface area contributed by atoms with Gasteiger partial charge in [0.1, 0.15) is 0 Å². The van der Waals surface area contributed by atoms with Crippen LogP contribution in [0.15, 0.2) is 18.2 Å². The molecule has 0 atom stereocenters. The van der Waals surface area contributed by atoms with Crippen LogP contribution in [0.1, 0.15) is 23.2 Å². The van der Waals surface area contributed by atoms with Gasteiger partial charge < -0.3 is 20.3 Å². The summed E-state index contributed by atoms with van der Waals surface area (Å²) in [6, 6.07) is 5.34. The van der Waals surface area contributed by atoms with Crippen LogP contribution in [0.2, 0.25) is 0 Å². The largest absolute Gasteiger partial charge is 0.465 e. The lowest BCUT2D eigenvalue weighted by Gasteiger charge is -2.25. The van der Waals surface area contributed by atoms with Crippen molar-refractivity contribution < 1.29 is 9.53 Å². The highest BCUT2D eigenvalue weighted by Gasteiger charge is 2.18. The van der Waals surface area contributed by atoms with E-state index in [1.165, 1.54) is 33.0 Å². The van der Waals surface area contributed by atoms with Crippen molar-refractivity contribution in [2.24, 2.45) is 0 Å². The van der Waals surface area contributed by atoms with E-state index in [9.17, 15) is 4.79 Å². The van der Waals surface area contributed by atoms with Gasteiger partial charge in [-0.2, -0.15) is 0 Å². The molecule has 110 valence electrons. The molecule has 5 heteroatoms. The number of methoxy groups -OCH3 is 1. The molecule has 5 nitrogen and oxygen atoms in total. The molecular weight excluding hydrogens is 254 g/mol. The highest BCUT2D eigenvalue weighted by atomic mass is 16.5. The van der Waals surface area contributed by atoms with E-state index in [2.05, 4.69) is 4.90 Å². The smallest absolute Gasteiger partial charge is 0.340 e. The van der Waals surface area contributed by atoms with E-state index in [-0.39, 0.29) is 5.97 Å². The molecule has 2 rings (SSSR count). The third-order valence-corrected chi connectivity index (χ3v) is 3.80. The number of esters is 1. The molecule has 0 unspecified atom stereocenters. The third kappa shape index (κ3) is 3.22. The standard InChI is InChI=1S/C15H23N3O2/c1-17(10-11-18-8-3-4-9-18)14-12(15(19)20-2)6-5-7-13(14)16/h5-7H,3-4,8-11,16H2,1-2H3. The first-order valence-corrected chi connectivity index (χ1v) is 7.03. The molecule has 0 bridgehead atoms. The normalized spacial score (nSPS) is 15.3.